The van der Waals surface area contributed by atoms with E-state index in [-0.39, 0.29) is 5.91 Å². The molecule has 5 nitrogen and oxygen atoms in total. The van der Waals surface area contributed by atoms with Gasteiger partial charge in [0.2, 0.25) is 0 Å². The molecule has 0 aromatic heterocycles. The molecule has 0 unspecified atom stereocenters. The van der Waals surface area contributed by atoms with Crippen LogP contribution in [0.4, 0.5) is 5.69 Å². The molecular weight excluding hydrogens is 330 g/mol. The predicted molar refractivity (Wildman–Crippen MR) is 98.5 cm³/mol. The molecule has 2 aliphatic heterocycles. The van der Waals surface area contributed by atoms with Crippen LogP contribution in [0.15, 0.2) is 36.4 Å². The second-order valence-electron chi connectivity index (χ2n) is 6.85. The molecule has 0 aliphatic carbocycles. The van der Waals surface area contributed by atoms with Crippen molar-refractivity contribution >= 4 is 11.6 Å². The van der Waals surface area contributed by atoms with Crippen LogP contribution in [0.3, 0.4) is 0 Å². The summed E-state index contributed by atoms with van der Waals surface area (Å²) in [5, 5.41) is 0. The number of carbonyl (C=O) groups excluding carboxylic acids is 1. The Balaban J connectivity index is 1.60. The van der Waals surface area contributed by atoms with Crippen molar-refractivity contribution in [3.05, 3.63) is 58.7 Å². The van der Waals surface area contributed by atoms with Gasteiger partial charge in [0.25, 0.3) is 11.7 Å². The van der Waals surface area contributed by atoms with Gasteiger partial charge in [-0.2, -0.15) is 0 Å². The van der Waals surface area contributed by atoms with E-state index < -0.39 is 5.79 Å². The number of aryl methyl sites for hydroxylation is 3. The third-order valence-corrected chi connectivity index (χ3v) is 5.01. The first-order valence-electron chi connectivity index (χ1n) is 8.93. The second-order valence-corrected chi connectivity index (χ2v) is 6.85. The fourth-order valence-electron chi connectivity index (χ4n) is 3.73. The van der Waals surface area contributed by atoms with Crippen LogP contribution in [0.25, 0.3) is 0 Å². The molecule has 136 valence electrons. The highest BCUT2D eigenvalue weighted by Crippen LogP contribution is 2.48. The van der Waals surface area contributed by atoms with E-state index in [1.165, 1.54) is 5.56 Å². The normalized spacial score (nSPS) is 17.8. The highest BCUT2D eigenvalue weighted by Gasteiger charge is 2.57. The molecule has 1 fully saturated rings. The third kappa shape index (κ3) is 2.59. The molecule has 2 aliphatic rings. The fraction of sp³-hybridized carbons (Fsp3) is 0.381. The number of hydrogen-bond acceptors (Lipinski definition) is 4. The van der Waals surface area contributed by atoms with Gasteiger partial charge in [-0.05, 0) is 44.0 Å². The second kappa shape index (κ2) is 6.41. The first-order valence-corrected chi connectivity index (χ1v) is 8.93. The minimum atomic E-state index is -1.28. The van der Waals surface area contributed by atoms with Crippen molar-refractivity contribution in [3.8, 4) is 5.75 Å². The summed E-state index contributed by atoms with van der Waals surface area (Å²) in [7, 11) is 0. The Hall–Kier alpha value is -2.37. The van der Waals surface area contributed by atoms with Crippen LogP contribution in [0.1, 0.15) is 22.3 Å². The zero-order valence-corrected chi connectivity index (χ0v) is 15.4. The molecular formula is C21H23NO4. The number of anilines is 1. The Kier molecular flexibility index (Phi) is 4.21. The third-order valence-electron chi connectivity index (χ3n) is 5.01. The lowest BCUT2D eigenvalue weighted by atomic mass is 9.98. The number of amides is 1. The van der Waals surface area contributed by atoms with Crippen molar-refractivity contribution in [1.29, 1.82) is 0 Å². The number of ether oxygens (including phenoxy) is 3. The van der Waals surface area contributed by atoms with Crippen LogP contribution in [0, 0.1) is 20.8 Å². The van der Waals surface area contributed by atoms with Crippen LogP contribution < -0.4 is 9.64 Å². The van der Waals surface area contributed by atoms with E-state index in [1.54, 1.807) is 4.90 Å². The molecule has 2 aromatic rings. The minimum absolute atomic E-state index is 0.157. The number of carbonyl (C=O) groups is 1. The smallest absolute Gasteiger partial charge is 0.292 e. The topological polar surface area (TPSA) is 48.0 Å². The highest BCUT2D eigenvalue weighted by molar-refractivity contribution is 6.07. The number of fused-ring (bicyclic) bond motifs is 2. The van der Waals surface area contributed by atoms with E-state index in [0.29, 0.717) is 26.4 Å². The number of hydrogen-bond donors (Lipinski definition) is 0. The summed E-state index contributed by atoms with van der Waals surface area (Å²) in [4.78, 5) is 14.9. The maximum atomic E-state index is 13.2. The van der Waals surface area contributed by atoms with Crippen LogP contribution in [0.5, 0.6) is 5.75 Å². The van der Waals surface area contributed by atoms with Crippen LogP contribution >= 0.6 is 0 Å². The molecule has 0 saturated carbocycles. The molecule has 4 rings (SSSR count). The lowest BCUT2D eigenvalue weighted by molar-refractivity contribution is -0.180. The van der Waals surface area contributed by atoms with Crippen LogP contribution in [-0.2, 0) is 20.1 Å². The first-order chi connectivity index (χ1) is 12.5. The summed E-state index contributed by atoms with van der Waals surface area (Å²) in [6, 6.07) is 11.9. The van der Waals surface area contributed by atoms with Gasteiger partial charge in [-0.15, -0.1) is 0 Å². The van der Waals surface area contributed by atoms with Crippen molar-refractivity contribution < 1.29 is 19.0 Å². The van der Waals surface area contributed by atoms with Crippen molar-refractivity contribution in [2.75, 3.05) is 31.3 Å². The Morgan fingerprint density at radius 3 is 2.35 bits per heavy atom. The predicted octanol–water partition coefficient (Wildman–Crippen LogP) is 3.24. The molecule has 2 heterocycles. The monoisotopic (exact) mass is 353 g/mol. The lowest BCUT2D eigenvalue weighted by Gasteiger charge is -2.22. The van der Waals surface area contributed by atoms with Gasteiger partial charge in [0.15, 0.2) is 0 Å². The summed E-state index contributed by atoms with van der Waals surface area (Å²) < 4.78 is 17.5. The van der Waals surface area contributed by atoms with Gasteiger partial charge in [0.1, 0.15) is 12.4 Å². The van der Waals surface area contributed by atoms with Crippen molar-refractivity contribution in [2.45, 2.75) is 26.6 Å². The van der Waals surface area contributed by atoms with E-state index in [1.807, 2.05) is 57.2 Å². The van der Waals surface area contributed by atoms with Gasteiger partial charge in [-0.25, -0.2) is 0 Å². The molecule has 0 atom stereocenters. The molecule has 1 spiro atoms. The van der Waals surface area contributed by atoms with Gasteiger partial charge in [0, 0.05) is 5.56 Å². The van der Waals surface area contributed by atoms with E-state index >= 15 is 0 Å². The van der Waals surface area contributed by atoms with E-state index in [0.717, 1.165) is 28.1 Å². The molecule has 0 bridgehead atoms. The first kappa shape index (κ1) is 17.1. The van der Waals surface area contributed by atoms with Gasteiger partial charge >= 0.3 is 0 Å². The number of benzene rings is 2. The molecule has 2 aromatic carbocycles. The Labute approximate surface area is 153 Å². The highest BCUT2D eigenvalue weighted by atomic mass is 16.7. The summed E-state index contributed by atoms with van der Waals surface area (Å²) in [6.07, 6.45) is 0. The molecule has 1 saturated heterocycles. The van der Waals surface area contributed by atoms with E-state index in [4.69, 9.17) is 14.2 Å². The fourth-order valence-corrected chi connectivity index (χ4v) is 3.73. The lowest BCUT2D eigenvalue weighted by Crippen LogP contribution is -2.42. The molecule has 5 heteroatoms. The molecule has 0 radical (unpaired) electrons. The van der Waals surface area contributed by atoms with E-state index in [2.05, 4.69) is 0 Å². The Bertz CT molecular complexity index is 838. The van der Waals surface area contributed by atoms with Crippen LogP contribution in [0.2, 0.25) is 0 Å². The Morgan fingerprint density at radius 1 is 1.00 bits per heavy atom. The zero-order chi connectivity index (χ0) is 18.3. The average Bonchev–Trinajstić information content (AvgIpc) is 3.21. The van der Waals surface area contributed by atoms with Crippen LogP contribution in [-0.4, -0.2) is 32.3 Å². The van der Waals surface area contributed by atoms with Gasteiger partial charge in [-0.3, -0.25) is 4.79 Å². The van der Waals surface area contributed by atoms with Crippen molar-refractivity contribution in [1.82, 2.24) is 0 Å². The SMILES string of the molecule is Cc1ccc(OCCN2C(=O)C3(OCCO3)c3c(C)ccc(C)c32)cc1. The number of rotatable bonds is 4. The molecule has 0 N–H and O–H groups in total. The van der Waals surface area contributed by atoms with Gasteiger partial charge in [-0.1, -0.05) is 29.8 Å². The summed E-state index contributed by atoms with van der Waals surface area (Å²) in [5.41, 5.74) is 4.96. The zero-order valence-electron chi connectivity index (χ0n) is 15.4. The van der Waals surface area contributed by atoms with Crippen molar-refractivity contribution in [3.63, 3.8) is 0 Å². The van der Waals surface area contributed by atoms with Gasteiger partial charge < -0.3 is 19.1 Å². The van der Waals surface area contributed by atoms with E-state index in [9.17, 15) is 4.79 Å². The number of nitrogens with zero attached hydrogens (tertiary/aromatic N) is 1. The maximum absolute atomic E-state index is 13.2. The quantitative estimate of drug-likeness (QED) is 0.847. The summed E-state index contributed by atoms with van der Waals surface area (Å²) >= 11 is 0. The van der Waals surface area contributed by atoms with Gasteiger partial charge in [0.05, 0.1) is 25.4 Å². The largest absolute Gasteiger partial charge is 0.492 e. The molecule has 1 amide bonds. The average molecular weight is 353 g/mol. The maximum Gasteiger partial charge on any atom is 0.292 e. The summed E-state index contributed by atoms with van der Waals surface area (Å²) in [5.74, 6) is -0.642. The minimum Gasteiger partial charge on any atom is -0.492 e. The Morgan fingerprint density at radius 2 is 1.65 bits per heavy atom. The summed E-state index contributed by atoms with van der Waals surface area (Å²) in [6.45, 7) is 7.72. The molecule has 26 heavy (non-hydrogen) atoms. The standard InChI is InChI=1S/C21H23NO4/c1-14-4-8-17(9-5-14)24-11-10-22-19-16(3)7-6-15(2)18(19)21(20(22)23)25-12-13-26-21/h4-9H,10-13H2,1-3H3. The van der Waals surface area contributed by atoms with Crippen molar-refractivity contribution in [2.24, 2.45) is 0 Å².